The van der Waals surface area contributed by atoms with E-state index in [0.717, 1.165) is 25.2 Å². The van der Waals surface area contributed by atoms with Crippen LogP contribution in [0.4, 0.5) is 0 Å². The smallest absolute Gasteiger partial charge is 0.277 e. The monoisotopic (exact) mass is 344 g/mol. The van der Waals surface area contributed by atoms with E-state index in [1.807, 2.05) is 22.9 Å². The molecule has 7 nitrogen and oxygen atoms in total. The molecule has 0 aliphatic rings. The molecule has 1 atom stereocenters. The molecule has 3 aromatic rings. The summed E-state index contributed by atoms with van der Waals surface area (Å²) < 4.78 is 7.54. The highest BCUT2D eigenvalue weighted by Crippen LogP contribution is 2.24. The number of hydrogen-bond donors (Lipinski definition) is 0. The number of aromatic nitrogens is 6. The van der Waals surface area contributed by atoms with Crippen molar-refractivity contribution in [3.63, 3.8) is 0 Å². The van der Waals surface area contributed by atoms with Crippen molar-refractivity contribution >= 4 is 11.8 Å². The van der Waals surface area contributed by atoms with Gasteiger partial charge in [-0.25, -0.2) is 4.68 Å². The molecule has 2 aromatic heterocycles. The van der Waals surface area contributed by atoms with E-state index in [1.165, 1.54) is 17.3 Å². The quantitative estimate of drug-likeness (QED) is 0.581. The van der Waals surface area contributed by atoms with E-state index < -0.39 is 0 Å². The first-order valence-corrected chi connectivity index (χ1v) is 9.00. The lowest BCUT2D eigenvalue weighted by Crippen LogP contribution is -2.04. The van der Waals surface area contributed by atoms with Gasteiger partial charge in [0.1, 0.15) is 0 Å². The average molecular weight is 344 g/mol. The molecule has 0 saturated carbocycles. The molecule has 0 radical (unpaired) electrons. The Hall–Kier alpha value is -2.22. The summed E-state index contributed by atoms with van der Waals surface area (Å²) in [6.07, 6.45) is 1.72. The van der Waals surface area contributed by atoms with E-state index in [-0.39, 0.29) is 0 Å². The second kappa shape index (κ2) is 8.05. The van der Waals surface area contributed by atoms with Crippen molar-refractivity contribution in [2.75, 3.05) is 0 Å². The van der Waals surface area contributed by atoms with Gasteiger partial charge in [-0.2, -0.15) is 0 Å². The van der Waals surface area contributed by atoms with Crippen LogP contribution in [0.15, 0.2) is 40.0 Å². The van der Waals surface area contributed by atoms with Crippen LogP contribution in [0.25, 0.3) is 0 Å². The molecular formula is C16H20N6OS. The van der Waals surface area contributed by atoms with Crippen LogP contribution in [0.3, 0.4) is 0 Å². The Labute approximate surface area is 144 Å². The summed E-state index contributed by atoms with van der Waals surface area (Å²) in [5.74, 6) is 2.42. The first-order chi connectivity index (χ1) is 11.8. The molecule has 8 heteroatoms. The molecule has 24 heavy (non-hydrogen) atoms. The van der Waals surface area contributed by atoms with Crippen molar-refractivity contribution in [2.24, 2.45) is 0 Å². The summed E-state index contributed by atoms with van der Waals surface area (Å²) in [5.41, 5.74) is 1.27. The van der Waals surface area contributed by atoms with Gasteiger partial charge in [0.2, 0.25) is 5.89 Å². The molecule has 0 aliphatic heterocycles. The second-order valence-electron chi connectivity index (χ2n) is 5.58. The molecule has 1 unspecified atom stereocenters. The predicted octanol–water partition coefficient (Wildman–Crippen LogP) is 3.10. The van der Waals surface area contributed by atoms with Crippen LogP contribution in [-0.4, -0.2) is 30.4 Å². The highest BCUT2D eigenvalue weighted by Gasteiger charge is 2.14. The normalized spacial score (nSPS) is 12.4. The van der Waals surface area contributed by atoms with E-state index >= 15 is 0 Å². The molecule has 126 valence electrons. The van der Waals surface area contributed by atoms with Crippen molar-refractivity contribution in [3.8, 4) is 0 Å². The van der Waals surface area contributed by atoms with Crippen LogP contribution in [0, 0.1) is 0 Å². The molecular weight excluding hydrogens is 324 g/mol. The maximum Gasteiger partial charge on any atom is 0.277 e. The third-order valence-corrected chi connectivity index (χ3v) is 4.48. The van der Waals surface area contributed by atoms with Crippen molar-refractivity contribution in [3.05, 3.63) is 47.6 Å². The summed E-state index contributed by atoms with van der Waals surface area (Å²) in [6.45, 7) is 5.06. The molecule has 2 heterocycles. The molecule has 1 aromatic carbocycles. The van der Waals surface area contributed by atoms with Gasteiger partial charge in [-0.1, -0.05) is 55.9 Å². The van der Waals surface area contributed by atoms with E-state index in [9.17, 15) is 0 Å². The largest absolute Gasteiger partial charge is 0.416 e. The number of rotatable bonds is 8. The average Bonchev–Trinajstić information content (AvgIpc) is 3.23. The Morgan fingerprint density at radius 3 is 2.79 bits per heavy atom. The first-order valence-electron chi connectivity index (χ1n) is 8.01. The van der Waals surface area contributed by atoms with Gasteiger partial charge >= 0.3 is 0 Å². The zero-order chi connectivity index (χ0) is 16.8. The van der Waals surface area contributed by atoms with Gasteiger partial charge in [0, 0.05) is 13.0 Å². The van der Waals surface area contributed by atoms with E-state index in [4.69, 9.17) is 4.42 Å². The maximum absolute atomic E-state index is 5.74. The Bertz CT molecular complexity index is 757. The standard InChI is InChI=1S/C16H20N6OS/c1-3-9-22-14(17-20-21-22)11-24-16-19-18-15(23-16)10-12(2)13-7-5-4-6-8-13/h4-8,12H,3,9-11H2,1-2H3. The zero-order valence-electron chi connectivity index (χ0n) is 13.8. The van der Waals surface area contributed by atoms with E-state index in [2.05, 4.69) is 51.7 Å². The van der Waals surface area contributed by atoms with Gasteiger partial charge in [0.25, 0.3) is 5.22 Å². The fraction of sp³-hybridized carbons (Fsp3) is 0.438. The Morgan fingerprint density at radius 2 is 2.00 bits per heavy atom. The molecule has 3 rings (SSSR count). The van der Waals surface area contributed by atoms with Gasteiger partial charge < -0.3 is 4.42 Å². The third kappa shape index (κ3) is 4.19. The first kappa shape index (κ1) is 16.6. The minimum Gasteiger partial charge on any atom is -0.416 e. The van der Waals surface area contributed by atoms with Gasteiger partial charge in [-0.15, -0.1) is 15.3 Å². The number of aryl methyl sites for hydroxylation is 1. The second-order valence-corrected chi connectivity index (χ2v) is 6.51. The number of hydrogen-bond acceptors (Lipinski definition) is 7. The fourth-order valence-corrected chi connectivity index (χ4v) is 3.09. The van der Waals surface area contributed by atoms with Gasteiger partial charge in [0.15, 0.2) is 5.82 Å². The topological polar surface area (TPSA) is 82.5 Å². The molecule has 0 spiro atoms. The molecule has 0 fully saturated rings. The van der Waals surface area contributed by atoms with Crippen LogP contribution >= 0.6 is 11.8 Å². The highest BCUT2D eigenvalue weighted by atomic mass is 32.2. The summed E-state index contributed by atoms with van der Waals surface area (Å²) in [4.78, 5) is 0. The minimum atomic E-state index is 0.335. The molecule has 0 N–H and O–H groups in total. The third-order valence-electron chi connectivity index (χ3n) is 3.66. The van der Waals surface area contributed by atoms with E-state index in [0.29, 0.717) is 22.8 Å². The lowest BCUT2D eigenvalue weighted by molar-refractivity contribution is 0.404. The van der Waals surface area contributed by atoms with Crippen LogP contribution in [-0.2, 0) is 18.7 Å². The maximum atomic E-state index is 5.74. The molecule has 0 saturated heterocycles. The number of nitrogens with zero attached hydrogens (tertiary/aromatic N) is 6. The molecule has 0 amide bonds. The lowest BCUT2D eigenvalue weighted by atomic mass is 9.98. The van der Waals surface area contributed by atoms with Crippen molar-refractivity contribution in [1.29, 1.82) is 0 Å². The SMILES string of the molecule is CCCn1nnnc1CSc1nnc(CC(C)c2ccccc2)o1. The Balaban J connectivity index is 1.56. The number of benzene rings is 1. The summed E-state index contributed by atoms with van der Waals surface area (Å²) >= 11 is 1.46. The summed E-state index contributed by atoms with van der Waals surface area (Å²) in [7, 11) is 0. The number of thioether (sulfide) groups is 1. The predicted molar refractivity (Wildman–Crippen MR) is 90.5 cm³/mol. The Morgan fingerprint density at radius 1 is 1.17 bits per heavy atom. The highest BCUT2D eigenvalue weighted by molar-refractivity contribution is 7.98. The fourth-order valence-electron chi connectivity index (χ4n) is 2.38. The summed E-state index contributed by atoms with van der Waals surface area (Å²) in [6, 6.07) is 10.3. The van der Waals surface area contributed by atoms with Crippen molar-refractivity contribution in [1.82, 2.24) is 30.4 Å². The molecule has 0 aliphatic carbocycles. The van der Waals surface area contributed by atoms with Crippen LogP contribution in [0.2, 0.25) is 0 Å². The molecule has 0 bridgehead atoms. The van der Waals surface area contributed by atoms with Crippen molar-refractivity contribution in [2.45, 2.75) is 50.1 Å². The van der Waals surface area contributed by atoms with Crippen LogP contribution in [0.1, 0.15) is 43.5 Å². The van der Waals surface area contributed by atoms with Crippen LogP contribution in [0.5, 0.6) is 0 Å². The zero-order valence-corrected chi connectivity index (χ0v) is 14.6. The van der Waals surface area contributed by atoms with Gasteiger partial charge in [-0.05, 0) is 28.3 Å². The Kier molecular flexibility index (Phi) is 5.58. The minimum absolute atomic E-state index is 0.335. The number of tetrazole rings is 1. The van der Waals surface area contributed by atoms with Gasteiger partial charge in [-0.3, -0.25) is 0 Å². The van der Waals surface area contributed by atoms with Crippen molar-refractivity contribution < 1.29 is 4.42 Å². The van der Waals surface area contributed by atoms with Crippen LogP contribution < -0.4 is 0 Å². The summed E-state index contributed by atoms with van der Waals surface area (Å²) in [5, 5.41) is 20.5. The lowest BCUT2D eigenvalue weighted by Gasteiger charge is -2.08. The van der Waals surface area contributed by atoms with Gasteiger partial charge in [0.05, 0.1) is 5.75 Å². The van der Waals surface area contributed by atoms with E-state index in [1.54, 1.807) is 0 Å².